The molecule has 0 fully saturated rings. The molecule has 0 spiro atoms. The monoisotopic (exact) mass is 350 g/mol. The summed E-state index contributed by atoms with van der Waals surface area (Å²) in [5.74, 6) is -0.664. The number of anilines is 2. The van der Waals surface area contributed by atoms with Gasteiger partial charge in [0, 0.05) is 6.07 Å². The van der Waals surface area contributed by atoms with E-state index in [1.165, 1.54) is 18.2 Å². The minimum atomic E-state index is -3.69. The van der Waals surface area contributed by atoms with Crippen molar-refractivity contribution in [3.8, 4) is 0 Å². The maximum Gasteiger partial charge on any atom is 0.271 e. The van der Waals surface area contributed by atoms with Crippen LogP contribution in [-0.2, 0) is 10.0 Å². The van der Waals surface area contributed by atoms with E-state index in [1.807, 2.05) is 0 Å². The Bertz CT molecular complexity index is 685. The van der Waals surface area contributed by atoms with Gasteiger partial charge in [0.15, 0.2) is 0 Å². The van der Waals surface area contributed by atoms with Gasteiger partial charge in [0.2, 0.25) is 0 Å². The van der Waals surface area contributed by atoms with Crippen LogP contribution in [0.3, 0.4) is 0 Å². The molecule has 0 atom stereocenters. The summed E-state index contributed by atoms with van der Waals surface area (Å²) in [4.78, 5) is 0. The molecular formula is C10H8BrFN2O2S2. The first kappa shape index (κ1) is 13.3. The largest absolute Gasteiger partial charge is 0.396 e. The Morgan fingerprint density at radius 2 is 2.00 bits per heavy atom. The highest BCUT2D eigenvalue weighted by atomic mass is 79.9. The van der Waals surface area contributed by atoms with Gasteiger partial charge in [-0.15, -0.1) is 11.3 Å². The zero-order chi connectivity index (χ0) is 13.3. The van der Waals surface area contributed by atoms with Crippen molar-refractivity contribution in [2.75, 3.05) is 10.5 Å². The van der Waals surface area contributed by atoms with Crippen molar-refractivity contribution in [2.45, 2.75) is 4.21 Å². The van der Waals surface area contributed by atoms with Crippen LogP contribution in [0.25, 0.3) is 0 Å². The van der Waals surface area contributed by atoms with Crippen LogP contribution in [0.2, 0.25) is 0 Å². The van der Waals surface area contributed by atoms with E-state index in [0.717, 1.165) is 17.4 Å². The zero-order valence-corrected chi connectivity index (χ0v) is 12.1. The first-order chi connectivity index (χ1) is 8.38. The Balaban J connectivity index is 2.30. The number of nitrogens with two attached hydrogens (primary N) is 1. The maximum atomic E-state index is 13.2. The molecule has 18 heavy (non-hydrogen) atoms. The van der Waals surface area contributed by atoms with Crippen molar-refractivity contribution in [2.24, 2.45) is 0 Å². The second-order valence-electron chi connectivity index (χ2n) is 3.40. The van der Waals surface area contributed by atoms with Crippen molar-refractivity contribution in [1.29, 1.82) is 0 Å². The molecular weight excluding hydrogens is 343 g/mol. The first-order valence-electron chi connectivity index (χ1n) is 4.72. The summed E-state index contributed by atoms with van der Waals surface area (Å²) in [6, 6.07) is 6.83. The Hall–Kier alpha value is -1.12. The quantitative estimate of drug-likeness (QED) is 0.835. The number of rotatable bonds is 3. The van der Waals surface area contributed by atoms with Crippen molar-refractivity contribution >= 4 is 48.7 Å². The number of sulfonamides is 1. The number of halogens is 2. The molecule has 0 unspecified atom stereocenters. The van der Waals surface area contributed by atoms with E-state index in [4.69, 9.17) is 5.73 Å². The molecule has 96 valence electrons. The molecule has 0 saturated heterocycles. The van der Waals surface area contributed by atoms with E-state index in [1.54, 1.807) is 6.07 Å². The SMILES string of the molecule is Nc1ccc(NS(=O)(=O)c2ccc(Br)s2)cc1F. The Morgan fingerprint density at radius 3 is 2.56 bits per heavy atom. The molecule has 0 aliphatic carbocycles. The maximum absolute atomic E-state index is 13.2. The lowest BCUT2D eigenvalue weighted by Crippen LogP contribution is -2.11. The number of nitrogen functional groups attached to an aromatic ring is 1. The van der Waals surface area contributed by atoms with Crippen LogP contribution in [0.4, 0.5) is 15.8 Å². The molecule has 0 aliphatic rings. The van der Waals surface area contributed by atoms with Crippen molar-refractivity contribution < 1.29 is 12.8 Å². The van der Waals surface area contributed by atoms with Crippen molar-refractivity contribution in [3.63, 3.8) is 0 Å². The van der Waals surface area contributed by atoms with Gasteiger partial charge in [-0.3, -0.25) is 4.72 Å². The molecule has 4 nitrogen and oxygen atoms in total. The molecule has 1 heterocycles. The van der Waals surface area contributed by atoms with Crippen LogP contribution in [0, 0.1) is 5.82 Å². The molecule has 0 aliphatic heterocycles. The number of hydrogen-bond donors (Lipinski definition) is 2. The van der Waals surface area contributed by atoms with Gasteiger partial charge >= 0.3 is 0 Å². The number of hydrogen-bond acceptors (Lipinski definition) is 4. The normalized spacial score (nSPS) is 11.4. The third kappa shape index (κ3) is 2.82. The molecule has 2 rings (SSSR count). The van der Waals surface area contributed by atoms with Gasteiger partial charge in [0.05, 0.1) is 15.2 Å². The number of benzene rings is 1. The lowest BCUT2D eigenvalue weighted by molar-refractivity contribution is 0.603. The van der Waals surface area contributed by atoms with Gasteiger partial charge in [-0.2, -0.15) is 0 Å². The minimum Gasteiger partial charge on any atom is -0.396 e. The molecule has 0 bridgehead atoms. The standard InChI is InChI=1S/C10H8BrFN2O2S2/c11-9-3-4-10(17-9)18(15,16)14-6-1-2-8(13)7(12)5-6/h1-5,14H,13H2. The molecule has 1 aromatic heterocycles. The van der Waals surface area contributed by atoms with Gasteiger partial charge in [0.1, 0.15) is 10.0 Å². The van der Waals surface area contributed by atoms with Gasteiger partial charge in [-0.05, 0) is 40.2 Å². The molecule has 3 N–H and O–H groups in total. The summed E-state index contributed by atoms with van der Waals surface area (Å²) in [6.07, 6.45) is 0. The fourth-order valence-corrected chi connectivity index (χ4v) is 4.30. The minimum absolute atomic E-state index is 0.0307. The summed E-state index contributed by atoms with van der Waals surface area (Å²) in [6.45, 7) is 0. The molecule has 0 radical (unpaired) electrons. The molecule has 0 saturated carbocycles. The Kier molecular flexibility index (Phi) is 3.60. The van der Waals surface area contributed by atoms with Crippen LogP contribution in [-0.4, -0.2) is 8.42 Å². The Morgan fingerprint density at radius 1 is 1.28 bits per heavy atom. The molecule has 8 heteroatoms. The summed E-state index contributed by atoms with van der Waals surface area (Å²) in [5, 5.41) is 0. The van der Waals surface area contributed by atoms with E-state index >= 15 is 0 Å². The lowest BCUT2D eigenvalue weighted by atomic mass is 10.3. The second-order valence-corrected chi connectivity index (χ2v) is 7.77. The summed E-state index contributed by atoms with van der Waals surface area (Å²) >= 11 is 4.25. The predicted octanol–water partition coefficient (Wildman–Crippen LogP) is 3.03. The van der Waals surface area contributed by atoms with Crippen LogP contribution in [0.15, 0.2) is 38.3 Å². The van der Waals surface area contributed by atoms with Crippen LogP contribution in [0.1, 0.15) is 0 Å². The predicted molar refractivity (Wildman–Crippen MR) is 73.6 cm³/mol. The fourth-order valence-electron chi connectivity index (χ4n) is 1.24. The average Bonchev–Trinajstić information content (AvgIpc) is 2.71. The lowest BCUT2D eigenvalue weighted by Gasteiger charge is -2.06. The molecule has 1 aromatic carbocycles. The van der Waals surface area contributed by atoms with Gasteiger partial charge < -0.3 is 5.73 Å². The van der Waals surface area contributed by atoms with E-state index in [2.05, 4.69) is 20.7 Å². The second kappa shape index (κ2) is 4.87. The molecule has 0 amide bonds. The van der Waals surface area contributed by atoms with E-state index in [-0.39, 0.29) is 15.6 Å². The van der Waals surface area contributed by atoms with Crippen molar-refractivity contribution in [1.82, 2.24) is 0 Å². The summed E-state index contributed by atoms with van der Waals surface area (Å²) in [5.41, 5.74) is 5.41. The zero-order valence-electron chi connectivity index (χ0n) is 8.85. The fraction of sp³-hybridized carbons (Fsp3) is 0. The van der Waals surface area contributed by atoms with Crippen LogP contribution in [0.5, 0.6) is 0 Å². The highest BCUT2D eigenvalue weighted by molar-refractivity contribution is 9.11. The highest BCUT2D eigenvalue weighted by Gasteiger charge is 2.17. The van der Waals surface area contributed by atoms with Crippen molar-refractivity contribution in [3.05, 3.63) is 39.9 Å². The third-order valence-electron chi connectivity index (χ3n) is 2.07. The smallest absolute Gasteiger partial charge is 0.271 e. The van der Waals surface area contributed by atoms with Crippen LogP contribution < -0.4 is 10.5 Å². The molecule has 2 aromatic rings. The van der Waals surface area contributed by atoms with Gasteiger partial charge in [-0.25, -0.2) is 12.8 Å². The van der Waals surface area contributed by atoms with Gasteiger partial charge in [-0.1, -0.05) is 0 Å². The van der Waals surface area contributed by atoms with Crippen LogP contribution >= 0.6 is 27.3 Å². The topological polar surface area (TPSA) is 72.2 Å². The van der Waals surface area contributed by atoms with E-state index in [9.17, 15) is 12.8 Å². The Labute approximate surface area is 116 Å². The number of nitrogens with one attached hydrogen (secondary N) is 1. The van der Waals surface area contributed by atoms with E-state index in [0.29, 0.717) is 3.79 Å². The third-order valence-corrected chi connectivity index (χ3v) is 5.56. The average molecular weight is 351 g/mol. The number of thiophene rings is 1. The summed E-state index contributed by atoms with van der Waals surface area (Å²) < 4.78 is 40.2. The highest BCUT2D eigenvalue weighted by Crippen LogP contribution is 2.28. The summed E-state index contributed by atoms with van der Waals surface area (Å²) in [7, 11) is -3.69. The first-order valence-corrected chi connectivity index (χ1v) is 7.81. The van der Waals surface area contributed by atoms with E-state index < -0.39 is 15.8 Å². The van der Waals surface area contributed by atoms with Gasteiger partial charge in [0.25, 0.3) is 10.0 Å².